The van der Waals surface area contributed by atoms with Gasteiger partial charge in [0.1, 0.15) is 5.75 Å². The van der Waals surface area contributed by atoms with Crippen LogP contribution >= 0.6 is 0 Å². The summed E-state index contributed by atoms with van der Waals surface area (Å²) >= 11 is 0. The molecule has 0 saturated carbocycles. The van der Waals surface area contributed by atoms with Gasteiger partial charge in [0.2, 0.25) is 0 Å². The van der Waals surface area contributed by atoms with Gasteiger partial charge in [0.15, 0.2) is 5.96 Å². The molecule has 128 valence electrons. The highest BCUT2D eigenvalue weighted by Gasteiger charge is 2.22. The summed E-state index contributed by atoms with van der Waals surface area (Å²) in [7, 11) is 1.82. The molecule has 0 amide bonds. The summed E-state index contributed by atoms with van der Waals surface area (Å²) in [5.74, 6) is 1.77. The fourth-order valence-corrected chi connectivity index (χ4v) is 3.08. The van der Waals surface area contributed by atoms with E-state index < -0.39 is 0 Å². The lowest BCUT2D eigenvalue weighted by molar-refractivity contribution is 0.267. The van der Waals surface area contributed by atoms with Gasteiger partial charge in [0.05, 0.1) is 6.61 Å². The van der Waals surface area contributed by atoms with Gasteiger partial charge < -0.3 is 15.4 Å². The predicted octanol–water partition coefficient (Wildman–Crippen LogP) is 2.23. The topological polar surface area (TPSA) is 48.9 Å². The van der Waals surface area contributed by atoms with Crippen LogP contribution in [0.2, 0.25) is 0 Å². The first-order valence-electron chi connectivity index (χ1n) is 8.67. The van der Waals surface area contributed by atoms with E-state index in [-0.39, 0.29) is 0 Å². The summed E-state index contributed by atoms with van der Waals surface area (Å²) in [5.41, 5.74) is 1.19. The third-order valence-electron chi connectivity index (χ3n) is 4.30. The zero-order valence-electron chi connectivity index (χ0n) is 14.6. The van der Waals surface area contributed by atoms with E-state index in [9.17, 15) is 0 Å². The van der Waals surface area contributed by atoms with Crippen LogP contribution in [-0.2, 0) is 6.54 Å². The third-order valence-corrected chi connectivity index (χ3v) is 4.30. The Hall–Kier alpha value is -1.75. The van der Waals surface area contributed by atoms with E-state index in [4.69, 9.17) is 4.74 Å². The van der Waals surface area contributed by atoms with Crippen molar-refractivity contribution in [2.45, 2.75) is 39.3 Å². The monoisotopic (exact) mass is 318 g/mol. The molecule has 1 fully saturated rings. The average Bonchev–Trinajstić information content (AvgIpc) is 3.03. The van der Waals surface area contributed by atoms with E-state index in [0.29, 0.717) is 12.6 Å². The maximum Gasteiger partial charge on any atom is 0.191 e. The van der Waals surface area contributed by atoms with Crippen LogP contribution < -0.4 is 15.4 Å². The van der Waals surface area contributed by atoms with E-state index in [1.165, 1.54) is 24.9 Å². The van der Waals surface area contributed by atoms with Crippen LogP contribution in [0.5, 0.6) is 5.75 Å². The Balaban J connectivity index is 1.80. The summed E-state index contributed by atoms with van der Waals surface area (Å²) in [6.07, 6.45) is 2.57. The van der Waals surface area contributed by atoms with Gasteiger partial charge in [0, 0.05) is 26.2 Å². The van der Waals surface area contributed by atoms with Crippen molar-refractivity contribution in [1.29, 1.82) is 0 Å². The Labute approximate surface area is 140 Å². The summed E-state index contributed by atoms with van der Waals surface area (Å²) in [6, 6.07) is 8.80. The number of rotatable bonds is 7. The molecule has 5 heteroatoms. The lowest BCUT2D eigenvalue weighted by Crippen LogP contribution is -2.44. The highest BCUT2D eigenvalue weighted by molar-refractivity contribution is 5.79. The van der Waals surface area contributed by atoms with E-state index in [2.05, 4.69) is 39.6 Å². The van der Waals surface area contributed by atoms with Crippen LogP contribution in [0.1, 0.15) is 32.3 Å². The molecule has 1 unspecified atom stereocenters. The van der Waals surface area contributed by atoms with E-state index in [0.717, 1.165) is 31.3 Å². The van der Waals surface area contributed by atoms with Crippen LogP contribution in [-0.4, -0.2) is 50.2 Å². The fourth-order valence-electron chi connectivity index (χ4n) is 3.08. The number of nitrogens with one attached hydrogen (secondary N) is 2. The highest BCUT2D eigenvalue weighted by Crippen LogP contribution is 2.15. The Morgan fingerprint density at radius 2 is 2.22 bits per heavy atom. The normalized spacial score (nSPS) is 18.9. The van der Waals surface area contributed by atoms with Gasteiger partial charge in [-0.3, -0.25) is 9.89 Å². The van der Waals surface area contributed by atoms with Gasteiger partial charge in [0.25, 0.3) is 0 Å². The third kappa shape index (κ3) is 5.43. The van der Waals surface area contributed by atoms with E-state index in [1.807, 2.05) is 26.1 Å². The number of hydrogen-bond acceptors (Lipinski definition) is 3. The van der Waals surface area contributed by atoms with Gasteiger partial charge in [-0.15, -0.1) is 0 Å². The Morgan fingerprint density at radius 1 is 1.35 bits per heavy atom. The number of aliphatic imine (C=N–C) groups is 1. The highest BCUT2D eigenvalue weighted by atomic mass is 16.5. The van der Waals surface area contributed by atoms with Gasteiger partial charge in [-0.2, -0.15) is 0 Å². The lowest BCUT2D eigenvalue weighted by Gasteiger charge is -2.24. The number of ether oxygens (including phenoxy) is 1. The standard InChI is InChI=1S/C18H30N4O/c1-4-22-11-7-9-16(22)14-21-18(19-3)20-13-15-8-6-10-17(12-15)23-5-2/h6,8,10,12,16H,4-5,7,9,11,13-14H2,1-3H3,(H2,19,20,21). The van der Waals surface area contributed by atoms with Crippen molar-refractivity contribution in [2.75, 3.05) is 33.3 Å². The summed E-state index contributed by atoms with van der Waals surface area (Å²) in [5, 5.41) is 6.83. The molecule has 0 radical (unpaired) electrons. The van der Waals surface area contributed by atoms with Gasteiger partial charge >= 0.3 is 0 Å². The van der Waals surface area contributed by atoms with Crippen LogP contribution in [0.4, 0.5) is 0 Å². The zero-order chi connectivity index (χ0) is 16.5. The molecule has 0 bridgehead atoms. The zero-order valence-corrected chi connectivity index (χ0v) is 14.6. The Morgan fingerprint density at radius 3 is 2.96 bits per heavy atom. The molecular weight excluding hydrogens is 288 g/mol. The first-order valence-corrected chi connectivity index (χ1v) is 8.67. The molecule has 1 heterocycles. The summed E-state index contributed by atoms with van der Waals surface area (Å²) in [4.78, 5) is 6.85. The maximum atomic E-state index is 5.54. The SMILES string of the molecule is CCOc1cccc(CNC(=NC)NCC2CCCN2CC)c1. The molecule has 2 rings (SSSR count). The van der Waals surface area contributed by atoms with Gasteiger partial charge in [-0.05, 0) is 50.6 Å². The second-order valence-electron chi connectivity index (χ2n) is 5.81. The maximum absolute atomic E-state index is 5.54. The van der Waals surface area contributed by atoms with Gasteiger partial charge in [-0.1, -0.05) is 19.1 Å². The van der Waals surface area contributed by atoms with Gasteiger partial charge in [-0.25, -0.2) is 0 Å². The summed E-state index contributed by atoms with van der Waals surface area (Å²) < 4.78 is 5.54. The molecule has 23 heavy (non-hydrogen) atoms. The fraction of sp³-hybridized carbons (Fsp3) is 0.611. The minimum atomic E-state index is 0.625. The molecule has 1 saturated heterocycles. The van der Waals surface area contributed by atoms with Crippen molar-refractivity contribution >= 4 is 5.96 Å². The van der Waals surface area contributed by atoms with Crippen molar-refractivity contribution in [3.8, 4) is 5.75 Å². The number of likely N-dealkylation sites (tertiary alicyclic amines) is 1. The van der Waals surface area contributed by atoms with Crippen LogP contribution in [0.15, 0.2) is 29.3 Å². The number of nitrogens with zero attached hydrogens (tertiary/aromatic N) is 2. The van der Waals surface area contributed by atoms with Crippen LogP contribution in [0, 0.1) is 0 Å². The minimum Gasteiger partial charge on any atom is -0.494 e. The minimum absolute atomic E-state index is 0.625. The largest absolute Gasteiger partial charge is 0.494 e. The molecule has 1 aliphatic rings. The van der Waals surface area contributed by atoms with Crippen molar-refractivity contribution < 1.29 is 4.74 Å². The van der Waals surface area contributed by atoms with E-state index >= 15 is 0 Å². The molecule has 0 aliphatic carbocycles. The predicted molar refractivity (Wildman–Crippen MR) is 96.1 cm³/mol. The molecule has 1 aromatic carbocycles. The first-order chi connectivity index (χ1) is 11.3. The second-order valence-corrected chi connectivity index (χ2v) is 5.81. The molecule has 2 N–H and O–H groups in total. The molecule has 5 nitrogen and oxygen atoms in total. The lowest BCUT2D eigenvalue weighted by atomic mass is 10.2. The van der Waals surface area contributed by atoms with Crippen molar-refractivity contribution in [3.05, 3.63) is 29.8 Å². The smallest absolute Gasteiger partial charge is 0.191 e. The first kappa shape index (κ1) is 17.6. The van der Waals surface area contributed by atoms with Crippen molar-refractivity contribution in [1.82, 2.24) is 15.5 Å². The van der Waals surface area contributed by atoms with Crippen molar-refractivity contribution in [3.63, 3.8) is 0 Å². The van der Waals surface area contributed by atoms with Crippen LogP contribution in [0.3, 0.4) is 0 Å². The summed E-state index contributed by atoms with van der Waals surface area (Å²) in [6.45, 7) is 8.96. The number of likely N-dealkylation sites (N-methyl/N-ethyl adjacent to an activating group) is 1. The molecule has 0 spiro atoms. The number of guanidine groups is 1. The number of hydrogen-bond donors (Lipinski definition) is 2. The Bertz CT molecular complexity index is 504. The average molecular weight is 318 g/mol. The second kappa shape index (κ2) is 9.40. The Kier molecular flexibility index (Phi) is 7.20. The number of benzene rings is 1. The molecular formula is C18H30N4O. The quantitative estimate of drug-likeness (QED) is 0.598. The van der Waals surface area contributed by atoms with Crippen LogP contribution in [0.25, 0.3) is 0 Å². The molecule has 1 atom stereocenters. The van der Waals surface area contributed by atoms with Crippen molar-refractivity contribution in [2.24, 2.45) is 4.99 Å². The molecule has 0 aromatic heterocycles. The van der Waals surface area contributed by atoms with E-state index in [1.54, 1.807) is 0 Å². The molecule has 1 aromatic rings. The molecule has 1 aliphatic heterocycles.